The lowest BCUT2D eigenvalue weighted by Gasteiger charge is -2.31. The molecule has 2 N–H and O–H groups in total. The number of aromatic amines is 1. The summed E-state index contributed by atoms with van der Waals surface area (Å²) in [5, 5.41) is 3.12. The van der Waals surface area contributed by atoms with Crippen LogP contribution in [0.1, 0.15) is 32.3 Å². The predicted octanol–water partition coefficient (Wildman–Crippen LogP) is 3.94. The number of imidazole rings is 1. The van der Waals surface area contributed by atoms with Crippen molar-refractivity contribution in [2.45, 2.75) is 33.1 Å². The van der Waals surface area contributed by atoms with Gasteiger partial charge in [-0.1, -0.05) is 18.2 Å². The highest BCUT2D eigenvalue weighted by atomic mass is 16.5. The number of nitrogens with zero attached hydrogens (tertiary/aromatic N) is 2. The minimum absolute atomic E-state index is 0.0312. The fourth-order valence-electron chi connectivity index (χ4n) is 4.20. The van der Waals surface area contributed by atoms with Crippen molar-refractivity contribution in [2.24, 2.45) is 5.92 Å². The van der Waals surface area contributed by atoms with Gasteiger partial charge in [0.15, 0.2) is 11.5 Å². The first kappa shape index (κ1) is 22.0. The molecule has 1 atom stereocenters. The number of rotatable bonds is 9. The van der Waals surface area contributed by atoms with Gasteiger partial charge < -0.3 is 24.7 Å². The maximum absolute atomic E-state index is 12.8. The monoisotopic (exact) mass is 436 g/mol. The summed E-state index contributed by atoms with van der Waals surface area (Å²) in [7, 11) is 0. The van der Waals surface area contributed by atoms with Gasteiger partial charge in [-0.05, 0) is 62.9 Å². The van der Waals surface area contributed by atoms with E-state index in [1.807, 2.05) is 56.3 Å². The molecule has 1 aliphatic heterocycles. The molecule has 1 aliphatic rings. The highest BCUT2D eigenvalue weighted by molar-refractivity contribution is 5.80. The van der Waals surface area contributed by atoms with Gasteiger partial charge in [-0.2, -0.15) is 0 Å². The topological polar surface area (TPSA) is 79.5 Å². The molecule has 2 aromatic carbocycles. The van der Waals surface area contributed by atoms with Crippen LogP contribution >= 0.6 is 0 Å². The number of nitrogens with one attached hydrogen (secondary N) is 2. The molecule has 0 spiro atoms. The molecule has 0 bridgehead atoms. The molecule has 3 aromatic rings. The van der Waals surface area contributed by atoms with Gasteiger partial charge in [0.2, 0.25) is 11.9 Å². The molecule has 0 radical (unpaired) electrons. The molecule has 4 rings (SSSR count). The minimum atomic E-state index is -0.0312. The first-order valence-electron chi connectivity index (χ1n) is 11.5. The molecule has 0 saturated carbocycles. The molecule has 170 valence electrons. The predicted molar refractivity (Wildman–Crippen MR) is 127 cm³/mol. The fourth-order valence-corrected chi connectivity index (χ4v) is 4.20. The van der Waals surface area contributed by atoms with Crippen LogP contribution in [0, 0.1) is 5.92 Å². The minimum Gasteiger partial charge on any atom is -0.490 e. The average molecular weight is 437 g/mol. The second-order valence-electron chi connectivity index (χ2n) is 8.05. The summed E-state index contributed by atoms with van der Waals surface area (Å²) in [6.07, 6.45) is 2.63. The van der Waals surface area contributed by atoms with Crippen LogP contribution in [0.3, 0.4) is 0 Å². The summed E-state index contributed by atoms with van der Waals surface area (Å²) in [6.45, 7) is 7.30. The average Bonchev–Trinajstić information content (AvgIpc) is 3.25. The zero-order chi connectivity index (χ0) is 22.3. The van der Waals surface area contributed by atoms with Gasteiger partial charge in [-0.25, -0.2) is 4.98 Å². The maximum Gasteiger partial charge on any atom is 0.224 e. The molecule has 2 heterocycles. The third kappa shape index (κ3) is 5.15. The summed E-state index contributed by atoms with van der Waals surface area (Å²) >= 11 is 0. The number of hydrogen-bond acceptors (Lipinski definition) is 5. The van der Waals surface area contributed by atoms with Crippen LogP contribution in [0.4, 0.5) is 5.95 Å². The Balaban J connectivity index is 1.31. The van der Waals surface area contributed by atoms with E-state index in [2.05, 4.69) is 15.2 Å². The maximum atomic E-state index is 12.8. The van der Waals surface area contributed by atoms with E-state index in [0.717, 1.165) is 59.9 Å². The molecule has 1 aromatic heterocycles. The Hall–Kier alpha value is -3.22. The number of hydrogen-bond donors (Lipinski definition) is 2. The summed E-state index contributed by atoms with van der Waals surface area (Å²) in [5.74, 6) is 2.45. The largest absolute Gasteiger partial charge is 0.490 e. The summed E-state index contributed by atoms with van der Waals surface area (Å²) in [4.78, 5) is 23.1. The zero-order valence-electron chi connectivity index (χ0n) is 18.9. The molecule has 32 heavy (non-hydrogen) atoms. The van der Waals surface area contributed by atoms with Crippen LogP contribution in [0.15, 0.2) is 42.5 Å². The Kier molecular flexibility index (Phi) is 7.14. The third-order valence-corrected chi connectivity index (χ3v) is 5.79. The van der Waals surface area contributed by atoms with Gasteiger partial charge in [-0.3, -0.25) is 4.79 Å². The van der Waals surface area contributed by atoms with Crippen molar-refractivity contribution >= 4 is 22.9 Å². The van der Waals surface area contributed by atoms with Crippen LogP contribution in [0.25, 0.3) is 11.0 Å². The SMILES string of the molecule is CCOc1ccc(CCNC(=O)[C@@H]2CCCN(c3nc4ccccc4[nH]3)C2)cc1OCC. The van der Waals surface area contributed by atoms with Crippen LogP contribution in [-0.2, 0) is 11.2 Å². The quantitative estimate of drug-likeness (QED) is 0.531. The van der Waals surface area contributed by atoms with E-state index < -0.39 is 0 Å². The molecule has 1 fully saturated rings. The zero-order valence-corrected chi connectivity index (χ0v) is 18.9. The van der Waals surface area contributed by atoms with E-state index in [1.165, 1.54) is 0 Å². The first-order valence-corrected chi connectivity index (χ1v) is 11.5. The van der Waals surface area contributed by atoms with E-state index in [4.69, 9.17) is 14.5 Å². The molecule has 0 aliphatic carbocycles. The summed E-state index contributed by atoms with van der Waals surface area (Å²) in [5.41, 5.74) is 3.09. The standard InChI is InChI=1S/C25H32N4O3/c1-3-31-22-12-11-18(16-23(22)32-4-2)13-14-26-24(30)19-8-7-15-29(17-19)25-27-20-9-5-6-10-21(20)28-25/h5-6,9-12,16,19H,3-4,7-8,13-15,17H2,1-2H3,(H,26,30)(H,27,28)/t19-/m1/s1. The number of amides is 1. The number of piperidine rings is 1. The van der Waals surface area contributed by atoms with E-state index >= 15 is 0 Å². The first-order chi connectivity index (χ1) is 15.7. The Morgan fingerprint density at radius 1 is 1.16 bits per heavy atom. The summed E-state index contributed by atoms with van der Waals surface area (Å²) in [6, 6.07) is 14.0. The van der Waals surface area contributed by atoms with E-state index in [0.29, 0.717) is 26.3 Å². The van der Waals surface area contributed by atoms with Crippen LogP contribution < -0.4 is 19.7 Å². The molecular weight excluding hydrogens is 404 g/mol. The normalized spacial score (nSPS) is 16.2. The van der Waals surface area contributed by atoms with Crippen molar-refractivity contribution in [3.63, 3.8) is 0 Å². The van der Waals surface area contributed by atoms with Gasteiger partial charge >= 0.3 is 0 Å². The van der Waals surface area contributed by atoms with Crippen molar-refractivity contribution in [3.05, 3.63) is 48.0 Å². The second kappa shape index (κ2) is 10.4. The number of benzene rings is 2. The van der Waals surface area contributed by atoms with Crippen molar-refractivity contribution in [1.82, 2.24) is 15.3 Å². The molecule has 7 heteroatoms. The molecule has 1 amide bonds. The number of para-hydroxylation sites is 2. The van der Waals surface area contributed by atoms with E-state index in [9.17, 15) is 4.79 Å². The van der Waals surface area contributed by atoms with Crippen LogP contribution in [0.2, 0.25) is 0 Å². The highest BCUT2D eigenvalue weighted by Gasteiger charge is 2.27. The van der Waals surface area contributed by atoms with Gasteiger partial charge in [-0.15, -0.1) is 0 Å². The third-order valence-electron chi connectivity index (χ3n) is 5.79. The lowest BCUT2D eigenvalue weighted by molar-refractivity contribution is -0.125. The lowest BCUT2D eigenvalue weighted by atomic mass is 9.97. The van der Waals surface area contributed by atoms with Crippen LogP contribution in [-0.4, -0.2) is 48.7 Å². The number of aromatic nitrogens is 2. The van der Waals surface area contributed by atoms with Gasteiger partial charge in [0.05, 0.1) is 30.2 Å². The van der Waals surface area contributed by atoms with Gasteiger partial charge in [0.25, 0.3) is 0 Å². The summed E-state index contributed by atoms with van der Waals surface area (Å²) < 4.78 is 11.3. The molecule has 7 nitrogen and oxygen atoms in total. The Labute approximate surface area is 189 Å². The van der Waals surface area contributed by atoms with Crippen molar-refractivity contribution in [2.75, 3.05) is 37.7 Å². The molecule has 1 saturated heterocycles. The fraction of sp³-hybridized carbons (Fsp3) is 0.440. The molecule has 0 unspecified atom stereocenters. The number of fused-ring (bicyclic) bond motifs is 1. The number of ether oxygens (including phenoxy) is 2. The number of carbonyl (C=O) groups excluding carboxylic acids is 1. The highest BCUT2D eigenvalue weighted by Crippen LogP contribution is 2.29. The van der Waals surface area contributed by atoms with Gasteiger partial charge in [0, 0.05) is 19.6 Å². The Morgan fingerprint density at radius 2 is 1.97 bits per heavy atom. The van der Waals surface area contributed by atoms with Crippen molar-refractivity contribution in [1.29, 1.82) is 0 Å². The van der Waals surface area contributed by atoms with Crippen LogP contribution in [0.5, 0.6) is 11.5 Å². The number of anilines is 1. The van der Waals surface area contributed by atoms with Crippen molar-refractivity contribution in [3.8, 4) is 11.5 Å². The van der Waals surface area contributed by atoms with Crippen molar-refractivity contribution < 1.29 is 14.3 Å². The molecular formula is C25H32N4O3. The van der Waals surface area contributed by atoms with E-state index in [-0.39, 0.29) is 11.8 Å². The Morgan fingerprint density at radius 3 is 2.78 bits per heavy atom. The Bertz CT molecular complexity index is 1020. The smallest absolute Gasteiger partial charge is 0.224 e. The van der Waals surface area contributed by atoms with E-state index in [1.54, 1.807) is 0 Å². The van der Waals surface area contributed by atoms with Gasteiger partial charge in [0.1, 0.15) is 0 Å². The second-order valence-corrected chi connectivity index (χ2v) is 8.05. The lowest BCUT2D eigenvalue weighted by Crippen LogP contribution is -2.43. The number of carbonyl (C=O) groups is 1. The number of H-pyrrole nitrogens is 1.